The van der Waals surface area contributed by atoms with Crippen molar-refractivity contribution in [1.29, 1.82) is 0 Å². The molecule has 10 heteroatoms. The molecule has 1 fully saturated rings. The molecule has 178 valence electrons. The van der Waals surface area contributed by atoms with Crippen molar-refractivity contribution >= 4 is 50.2 Å². The number of rotatable bonds is 6. The zero-order chi connectivity index (χ0) is 24.7. The van der Waals surface area contributed by atoms with E-state index in [0.717, 1.165) is 10.9 Å². The molecule has 0 bridgehead atoms. The molecule has 2 heterocycles. The molecular weight excluding hydrogens is 537 g/mol. The Kier molecular flexibility index (Phi) is 6.06. The fraction of sp³-hybridized carbons (Fsp3) is 0.200. The van der Waals surface area contributed by atoms with E-state index >= 15 is 4.39 Å². The van der Waals surface area contributed by atoms with Gasteiger partial charge in [-0.2, -0.15) is 5.10 Å². The molecule has 2 amide bonds. The first kappa shape index (κ1) is 23.4. The van der Waals surface area contributed by atoms with Crippen LogP contribution in [0.3, 0.4) is 0 Å². The lowest BCUT2D eigenvalue weighted by molar-refractivity contribution is -0.124. The largest absolute Gasteiger partial charge is 0.347 e. The van der Waals surface area contributed by atoms with Crippen molar-refractivity contribution in [2.24, 2.45) is 0 Å². The fourth-order valence-electron chi connectivity index (χ4n) is 4.00. The van der Waals surface area contributed by atoms with E-state index in [1.54, 1.807) is 36.0 Å². The molecule has 1 atom stereocenters. The summed E-state index contributed by atoms with van der Waals surface area (Å²) in [5.74, 6) is -1.23. The van der Waals surface area contributed by atoms with E-state index in [-0.39, 0.29) is 11.8 Å². The molecule has 1 saturated carbocycles. The quantitative estimate of drug-likeness (QED) is 0.345. The number of pyridine rings is 1. The van der Waals surface area contributed by atoms with Crippen molar-refractivity contribution in [3.8, 4) is 5.69 Å². The number of hydrogen-bond acceptors (Lipinski definition) is 4. The Hall–Kier alpha value is -3.30. The van der Waals surface area contributed by atoms with Crippen molar-refractivity contribution in [3.63, 3.8) is 0 Å². The molecule has 2 aromatic carbocycles. The Morgan fingerprint density at radius 2 is 1.94 bits per heavy atom. The Balaban J connectivity index is 1.31. The number of para-hydroxylation sites is 1. The minimum absolute atomic E-state index is 0.322. The zero-order valence-corrected chi connectivity index (χ0v) is 20.9. The van der Waals surface area contributed by atoms with Gasteiger partial charge in [-0.1, -0.05) is 29.8 Å². The third-order valence-electron chi connectivity index (χ3n) is 6.09. The predicted molar refractivity (Wildman–Crippen MR) is 134 cm³/mol. The summed E-state index contributed by atoms with van der Waals surface area (Å²) >= 11 is 9.51. The number of amides is 2. The average molecular weight is 557 g/mol. The van der Waals surface area contributed by atoms with E-state index in [2.05, 4.69) is 36.6 Å². The Labute approximate surface area is 213 Å². The molecule has 7 nitrogen and oxygen atoms in total. The van der Waals surface area contributed by atoms with Gasteiger partial charge < -0.3 is 10.6 Å². The monoisotopic (exact) mass is 555 g/mol. The van der Waals surface area contributed by atoms with Crippen LogP contribution in [0.2, 0.25) is 5.15 Å². The number of carbonyl (C=O) groups excluding carboxylic acids is 2. The van der Waals surface area contributed by atoms with Crippen LogP contribution in [-0.2, 0) is 4.79 Å². The number of benzene rings is 2. The van der Waals surface area contributed by atoms with E-state index in [1.165, 1.54) is 12.3 Å². The number of nitrogens with zero attached hydrogens (tertiary/aromatic N) is 3. The zero-order valence-electron chi connectivity index (χ0n) is 18.6. The smallest absolute Gasteiger partial charge is 0.253 e. The number of halogens is 3. The fourth-order valence-corrected chi connectivity index (χ4v) is 4.60. The van der Waals surface area contributed by atoms with Crippen molar-refractivity contribution in [1.82, 2.24) is 25.4 Å². The topological polar surface area (TPSA) is 88.9 Å². The molecule has 2 aromatic heterocycles. The van der Waals surface area contributed by atoms with Gasteiger partial charge in [-0.3, -0.25) is 14.6 Å². The number of fused-ring (bicyclic) bond motifs is 1. The minimum atomic E-state index is -1.01. The highest BCUT2D eigenvalue weighted by molar-refractivity contribution is 9.10. The summed E-state index contributed by atoms with van der Waals surface area (Å²) in [6, 6.07) is 13.2. The molecule has 0 saturated heterocycles. The predicted octanol–water partition coefficient (Wildman–Crippen LogP) is 5.12. The highest BCUT2D eigenvalue weighted by atomic mass is 79.9. The van der Waals surface area contributed by atoms with Gasteiger partial charge in [-0.15, -0.1) is 0 Å². The summed E-state index contributed by atoms with van der Waals surface area (Å²) in [4.78, 5) is 29.6. The summed E-state index contributed by atoms with van der Waals surface area (Å²) in [6.07, 6.45) is 4.02. The van der Waals surface area contributed by atoms with Gasteiger partial charge in [0.05, 0.1) is 22.8 Å². The maximum atomic E-state index is 15.1. The summed E-state index contributed by atoms with van der Waals surface area (Å²) in [7, 11) is 0. The summed E-state index contributed by atoms with van der Waals surface area (Å²) in [5, 5.41) is 11.1. The molecule has 1 aliphatic carbocycles. The molecule has 0 radical (unpaired) electrons. The summed E-state index contributed by atoms with van der Waals surface area (Å²) in [6.45, 7) is 1.70. The second kappa shape index (κ2) is 9.05. The van der Waals surface area contributed by atoms with E-state index in [4.69, 9.17) is 11.6 Å². The second-order valence-electron chi connectivity index (χ2n) is 8.55. The standard InChI is InChI=1S/C25H20BrClFN5O2/c1-14(30-24(35)25(8-9-25)31-23(34)15-10-16(26)13-29-12-15)18-7-6-17(11-20(18)28)33-21-5-3-2-4-19(21)22(27)32-33/h2-7,10-14H,8-9H2,1H3,(H,30,35)(H,31,34)/t14-/m1/s1. The minimum Gasteiger partial charge on any atom is -0.347 e. The molecule has 1 aliphatic rings. The maximum Gasteiger partial charge on any atom is 0.253 e. The lowest BCUT2D eigenvalue weighted by atomic mass is 10.1. The molecule has 0 unspecified atom stereocenters. The summed E-state index contributed by atoms with van der Waals surface area (Å²) < 4.78 is 17.4. The van der Waals surface area contributed by atoms with E-state index in [0.29, 0.717) is 39.3 Å². The van der Waals surface area contributed by atoms with Gasteiger partial charge in [0.1, 0.15) is 11.4 Å². The highest BCUT2D eigenvalue weighted by Crippen LogP contribution is 2.37. The van der Waals surface area contributed by atoms with Gasteiger partial charge in [0.25, 0.3) is 5.91 Å². The third-order valence-corrected chi connectivity index (χ3v) is 6.80. The van der Waals surface area contributed by atoms with Crippen LogP contribution >= 0.6 is 27.5 Å². The van der Waals surface area contributed by atoms with E-state index in [1.807, 2.05) is 24.3 Å². The molecule has 0 aliphatic heterocycles. The summed E-state index contributed by atoms with van der Waals surface area (Å²) in [5.41, 5.74) is 0.941. The van der Waals surface area contributed by atoms with Crippen LogP contribution in [0, 0.1) is 5.82 Å². The molecular formula is C25H20BrClFN5O2. The number of aromatic nitrogens is 3. The van der Waals surface area contributed by atoms with Gasteiger partial charge in [0.15, 0.2) is 5.15 Å². The third kappa shape index (κ3) is 4.53. The Morgan fingerprint density at radius 3 is 2.66 bits per heavy atom. The van der Waals surface area contributed by atoms with Crippen LogP contribution < -0.4 is 10.6 Å². The van der Waals surface area contributed by atoms with E-state index in [9.17, 15) is 9.59 Å². The van der Waals surface area contributed by atoms with Gasteiger partial charge in [0.2, 0.25) is 5.91 Å². The number of carbonyl (C=O) groups is 2. The van der Waals surface area contributed by atoms with Crippen LogP contribution in [0.5, 0.6) is 0 Å². The van der Waals surface area contributed by atoms with Gasteiger partial charge in [0, 0.05) is 27.8 Å². The first-order valence-corrected chi connectivity index (χ1v) is 12.1. The lowest BCUT2D eigenvalue weighted by Crippen LogP contribution is -2.49. The molecule has 2 N–H and O–H groups in total. The first-order valence-electron chi connectivity index (χ1n) is 10.9. The van der Waals surface area contributed by atoms with Crippen LogP contribution in [0.25, 0.3) is 16.6 Å². The molecule has 5 rings (SSSR count). The van der Waals surface area contributed by atoms with Gasteiger partial charge >= 0.3 is 0 Å². The van der Waals surface area contributed by atoms with Crippen molar-refractivity contribution < 1.29 is 14.0 Å². The number of hydrogen-bond donors (Lipinski definition) is 2. The maximum absolute atomic E-state index is 15.1. The SMILES string of the molecule is C[C@@H](NC(=O)C1(NC(=O)c2cncc(Br)c2)CC1)c1ccc(-n2nc(Cl)c3ccccc32)cc1F. The second-order valence-corrected chi connectivity index (χ2v) is 9.82. The van der Waals surface area contributed by atoms with Crippen LogP contribution in [0.4, 0.5) is 4.39 Å². The van der Waals surface area contributed by atoms with Gasteiger partial charge in [-0.05, 0) is 66.0 Å². The van der Waals surface area contributed by atoms with Crippen LogP contribution in [0.1, 0.15) is 41.7 Å². The normalized spacial score (nSPS) is 15.0. The first-order chi connectivity index (χ1) is 16.8. The molecule has 35 heavy (non-hydrogen) atoms. The van der Waals surface area contributed by atoms with Crippen LogP contribution in [-0.4, -0.2) is 32.1 Å². The van der Waals surface area contributed by atoms with Gasteiger partial charge in [-0.25, -0.2) is 9.07 Å². The van der Waals surface area contributed by atoms with Crippen LogP contribution in [0.15, 0.2) is 65.4 Å². The Morgan fingerprint density at radius 1 is 1.17 bits per heavy atom. The lowest BCUT2D eigenvalue weighted by Gasteiger charge is -2.21. The molecule has 4 aromatic rings. The average Bonchev–Trinajstić information content (AvgIpc) is 3.55. The Bertz CT molecular complexity index is 1470. The van der Waals surface area contributed by atoms with Crippen molar-refractivity contribution in [2.75, 3.05) is 0 Å². The van der Waals surface area contributed by atoms with Crippen molar-refractivity contribution in [2.45, 2.75) is 31.3 Å². The van der Waals surface area contributed by atoms with Crippen molar-refractivity contribution in [3.05, 3.63) is 87.5 Å². The van der Waals surface area contributed by atoms with E-state index < -0.39 is 17.4 Å². The highest BCUT2D eigenvalue weighted by Gasteiger charge is 2.51. The molecule has 0 spiro atoms. The number of nitrogens with one attached hydrogen (secondary N) is 2.